The number of hydrogen-bond acceptors (Lipinski definition) is 4. The second-order valence-corrected chi connectivity index (χ2v) is 6.55. The van der Waals surface area contributed by atoms with Crippen molar-refractivity contribution in [3.63, 3.8) is 0 Å². The van der Waals surface area contributed by atoms with Crippen LogP contribution in [0.15, 0.2) is 42.5 Å². The van der Waals surface area contributed by atoms with Crippen LogP contribution >= 0.6 is 0 Å². The van der Waals surface area contributed by atoms with Gasteiger partial charge in [0, 0.05) is 37.0 Å². The highest BCUT2D eigenvalue weighted by Crippen LogP contribution is 2.34. The van der Waals surface area contributed by atoms with Crippen LogP contribution in [0.2, 0.25) is 0 Å². The molecule has 7 nitrogen and oxygen atoms in total. The molecule has 2 aliphatic heterocycles. The van der Waals surface area contributed by atoms with Crippen molar-refractivity contribution in [2.45, 2.75) is 6.54 Å². The molecule has 2 heterocycles. The number of urea groups is 1. The number of fused-ring (bicyclic) bond motifs is 1. The zero-order valence-electron chi connectivity index (χ0n) is 15.2. The van der Waals surface area contributed by atoms with E-state index in [0.717, 1.165) is 0 Å². The fourth-order valence-corrected chi connectivity index (χ4v) is 3.23. The number of hydrogen-bond donors (Lipinski definition) is 1. The largest absolute Gasteiger partial charge is 0.486 e. The third kappa shape index (κ3) is 3.71. The predicted molar refractivity (Wildman–Crippen MR) is 100.0 cm³/mol. The Kier molecular flexibility index (Phi) is 5.01. The highest BCUT2D eigenvalue weighted by atomic mass is 19.1. The molecule has 0 unspecified atom stereocenters. The summed E-state index contributed by atoms with van der Waals surface area (Å²) in [6.45, 7) is 1.89. The number of benzene rings is 2. The van der Waals surface area contributed by atoms with E-state index in [4.69, 9.17) is 9.47 Å². The number of carbonyl (C=O) groups is 2. The lowest BCUT2D eigenvalue weighted by molar-refractivity contribution is -0.121. The maximum Gasteiger partial charge on any atom is 0.325 e. The minimum Gasteiger partial charge on any atom is -0.486 e. The second-order valence-electron chi connectivity index (χ2n) is 6.55. The summed E-state index contributed by atoms with van der Waals surface area (Å²) >= 11 is 0. The molecule has 146 valence electrons. The molecule has 28 heavy (non-hydrogen) atoms. The van der Waals surface area contributed by atoms with Crippen LogP contribution in [0.1, 0.15) is 5.56 Å². The SMILES string of the molecule is O=C(CN1CCN(c2ccc3c(c2)OCCO3)C1=O)NCc1ccccc1F. The zero-order valence-corrected chi connectivity index (χ0v) is 15.2. The minimum absolute atomic E-state index is 0.0751. The molecule has 0 atom stereocenters. The molecule has 8 heteroatoms. The van der Waals surface area contributed by atoms with Gasteiger partial charge in [0.15, 0.2) is 11.5 Å². The average molecular weight is 385 g/mol. The molecule has 0 saturated carbocycles. The normalized spacial score (nSPS) is 15.7. The summed E-state index contributed by atoms with van der Waals surface area (Å²) in [5.74, 6) is 0.564. The van der Waals surface area contributed by atoms with Crippen LogP contribution < -0.4 is 19.7 Å². The third-order valence-corrected chi connectivity index (χ3v) is 4.70. The Hall–Kier alpha value is -3.29. The van der Waals surface area contributed by atoms with Gasteiger partial charge in [0.05, 0.1) is 0 Å². The summed E-state index contributed by atoms with van der Waals surface area (Å²) in [4.78, 5) is 27.9. The van der Waals surface area contributed by atoms with Crippen LogP contribution in [0, 0.1) is 5.82 Å². The molecule has 2 aromatic carbocycles. The molecule has 1 saturated heterocycles. The summed E-state index contributed by atoms with van der Waals surface area (Å²) in [5.41, 5.74) is 1.10. The number of anilines is 1. The Balaban J connectivity index is 1.35. The number of nitrogens with zero attached hydrogens (tertiary/aromatic N) is 2. The summed E-state index contributed by atoms with van der Waals surface area (Å²) in [6, 6.07) is 11.4. The molecule has 1 fully saturated rings. The predicted octanol–water partition coefficient (Wildman–Crippen LogP) is 2.16. The van der Waals surface area contributed by atoms with E-state index < -0.39 is 0 Å². The first-order chi connectivity index (χ1) is 13.6. The maximum atomic E-state index is 13.6. The van der Waals surface area contributed by atoms with Crippen molar-refractivity contribution in [3.05, 3.63) is 53.8 Å². The summed E-state index contributed by atoms with van der Waals surface area (Å²) in [6.07, 6.45) is 0. The van der Waals surface area contributed by atoms with E-state index >= 15 is 0 Å². The van der Waals surface area contributed by atoms with Gasteiger partial charge in [-0.1, -0.05) is 18.2 Å². The van der Waals surface area contributed by atoms with Crippen LogP contribution in [0.4, 0.5) is 14.9 Å². The molecular weight excluding hydrogens is 365 g/mol. The van der Waals surface area contributed by atoms with Crippen LogP contribution in [-0.2, 0) is 11.3 Å². The number of carbonyl (C=O) groups excluding carboxylic acids is 2. The monoisotopic (exact) mass is 385 g/mol. The lowest BCUT2D eigenvalue weighted by Crippen LogP contribution is -2.39. The lowest BCUT2D eigenvalue weighted by atomic mass is 10.2. The minimum atomic E-state index is -0.371. The Labute approximate surface area is 161 Å². The molecule has 0 radical (unpaired) electrons. The van der Waals surface area contributed by atoms with E-state index in [2.05, 4.69) is 5.32 Å². The third-order valence-electron chi connectivity index (χ3n) is 4.70. The number of halogens is 1. The molecule has 2 aliphatic rings. The van der Waals surface area contributed by atoms with Gasteiger partial charge in [-0.25, -0.2) is 9.18 Å². The van der Waals surface area contributed by atoms with Crippen LogP contribution in [-0.4, -0.2) is 49.7 Å². The fourth-order valence-electron chi connectivity index (χ4n) is 3.23. The zero-order chi connectivity index (χ0) is 19.5. The quantitative estimate of drug-likeness (QED) is 0.856. The fraction of sp³-hybridized carbons (Fsp3) is 0.300. The van der Waals surface area contributed by atoms with Gasteiger partial charge in [0.25, 0.3) is 0 Å². The van der Waals surface area contributed by atoms with Crippen LogP contribution in [0.25, 0.3) is 0 Å². The van der Waals surface area contributed by atoms with Crippen molar-refractivity contribution in [1.29, 1.82) is 0 Å². The van der Waals surface area contributed by atoms with Gasteiger partial charge >= 0.3 is 6.03 Å². The van der Waals surface area contributed by atoms with Crippen molar-refractivity contribution in [2.75, 3.05) is 37.7 Å². The van der Waals surface area contributed by atoms with E-state index in [1.54, 1.807) is 41.3 Å². The molecule has 0 aliphatic carbocycles. The smallest absolute Gasteiger partial charge is 0.325 e. The molecule has 2 aromatic rings. The Morgan fingerprint density at radius 2 is 1.86 bits per heavy atom. The van der Waals surface area contributed by atoms with Crippen molar-refractivity contribution < 1.29 is 23.5 Å². The summed E-state index contributed by atoms with van der Waals surface area (Å²) in [7, 11) is 0. The highest BCUT2D eigenvalue weighted by Gasteiger charge is 2.31. The lowest BCUT2D eigenvalue weighted by Gasteiger charge is -2.22. The first kappa shape index (κ1) is 18.1. The molecule has 0 aromatic heterocycles. The Morgan fingerprint density at radius 1 is 1.07 bits per heavy atom. The first-order valence-electron chi connectivity index (χ1n) is 9.08. The number of ether oxygens (including phenoxy) is 2. The number of amides is 3. The molecule has 4 rings (SSSR count). The Morgan fingerprint density at radius 3 is 2.68 bits per heavy atom. The first-order valence-corrected chi connectivity index (χ1v) is 9.08. The van der Waals surface area contributed by atoms with Gasteiger partial charge in [-0.05, 0) is 18.2 Å². The molecular formula is C20H20FN3O4. The van der Waals surface area contributed by atoms with Crippen molar-refractivity contribution in [2.24, 2.45) is 0 Å². The van der Waals surface area contributed by atoms with Gasteiger partial charge in [0.2, 0.25) is 5.91 Å². The van der Waals surface area contributed by atoms with Gasteiger partial charge in [-0.15, -0.1) is 0 Å². The summed E-state index contributed by atoms with van der Waals surface area (Å²) < 4.78 is 24.7. The van der Waals surface area contributed by atoms with Crippen LogP contribution in [0.5, 0.6) is 11.5 Å². The number of rotatable bonds is 5. The molecule has 1 N–H and O–H groups in total. The van der Waals surface area contributed by atoms with Crippen molar-refractivity contribution in [1.82, 2.24) is 10.2 Å². The van der Waals surface area contributed by atoms with E-state index in [9.17, 15) is 14.0 Å². The van der Waals surface area contributed by atoms with Crippen molar-refractivity contribution in [3.8, 4) is 11.5 Å². The van der Waals surface area contributed by atoms with E-state index in [0.29, 0.717) is 49.1 Å². The second kappa shape index (κ2) is 7.75. The van der Waals surface area contributed by atoms with Gasteiger partial charge in [0.1, 0.15) is 25.6 Å². The standard InChI is InChI=1S/C20H20FN3O4/c21-16-4-2-1-3-14(16)12-22-19(25)13-23-7-8-24(20(23)26)15-5-6-17-18(11-15)28-10-9-27-17/h1-6,11H,7-10,12-13H2,(H,22,25). The molecule has 0 spiro atoms. The highest BCUT2D eigenvalue weighted by molar-refractivity contribution is 5.96. The van der Waals surface area contributed by atoms with Crippen molar-refractivity contribution >= 4 is 17.6 Å². The Bertz CT molecular complexity index is 905. The summed E-state index contributed by atoms with van der Waals surface area (Å²) in [5, 5.41) is 2.65. The van der Waals surface area contributed by atoms with E-state index in [1.165, 1.54) is 11.0 Å². The van der Waals surface area contributed by atoms with E-state index in [-0.39, 0.29) is 30.8 Å². The molecule has 0 bridgehead atoms. The topological polar surface area (TPSA) is 71.1 Å². The van der Waals surface area contributed by atoms with Gasteiger partial charge in [-0.3, -0.25) is 9.69 Å². The van der Waals surface area contributed by atoms with E-state index in [1.807, 2.05) is 0 Å². The maximum absolute atomic E-state index is 13.6. The van der Waals surface area contributed by atoms with Gasteiger partial charge < -0.3 is 19.7 Å². The van der Waals surface area contributed by atoms with Gasteiger partial charge in [-0.2, -0.15) is 0 Å². The molecule has 3 amide bonds. The van der Waals surface area contributed by atoms with Crippen LogP contribution in [0.3, 0.4) is 0 Å². The average Bonchev–Trinajstić information content (AvgIpc) is 3.07. The number of nitrogens with one attached hydrogen (secondary N) is 1.